The molecule has 1 aromatic carbocycles. The molecule has 0 saturated heterocycles. The van der Waals surface area contributed by atoms with E-state index in [-0.39, 0.29) is 5.91 Å². The highest BCUT2D eigenvalue weighted by molar-refractivity contribution is 7.99. The van der Waals surface area contributed by atoms with E-state index in [1.54, 1.807) is 18.2 Å². The topological polar surface area (TPSA) is 55.1 Å². The molecule has 18 heavy (non-hydrogen) atoms. The molecule has 0 fully saturated rings. The number of hydrogen-bond acceptors (Lipinski definition) is 3. The van der Waals surface area contributed by atoms with Crippen LogP contribution < -0.4 is 11.1 Å². The largest absolute Gasteiger partial charge is 0.324 e. The molecule has 1 aromatic rings. The first-order valence-electron chi connectivity index (χ1n) is 5.65. The minimum atomic E-state index is -2.52. The van der Waals surface area contributed by atoms with Crippen LogP contribution in [0.1, 0.15) is 19.8 Å². The number of carbonyl (C=O) groups is 1. The summed E-state index contributed by atoms with van der Waals surface area (Å²) in [5.41, 5.74) is 6.03. The van der Waals surface area contributed by atoms with E-state index in [1.165, 1.54) is 6.07 Å². The highest BCUT2D eigenvalue weighted by atomic mass is 32.2. The first-order chi connectivity index (χ1) is 8.54. The van der Waals surface area contributed by atoms with Crippen molar-refractivity contribution in [3.63, 3.8) is 0 Å². The van der Waals surface area contributed by atoms with Crippen molar-refractivity contribution in [2.24, 2.45) is 5.73 Å². The molecule has 3 nitrogen and oxygen atoms in total. The summed E-state index contributed by atoms with van der Waals surface area (Å²) in [4.78, 5) is 12.0. The molecular weight excluding hydrogens is 258 g/mol. The Morgan fingerprint density at radius 2 is 2.11 bits per heavy atom. The maximum absolute atomic E-state index is 12.3. The molecule has 6 heteroatoms. The van der Waals surface area contributed by atoms with Crippen LogP contribution in [0, 0.1) is 0 Å². The standard InChI is InChI=1S/C12H16F2N2OS/c1-2-5-8(15)11(17)16-9-6-3-4-7-10(9)18-12(13)14/h3-4,6-8,12H,2,5,15H2,1H3,(H,16,17). The van der Waals surface area contributed by atoms with Crippen molar-refractivity contribution in [3.05, 3.63) is 24.3 Å². The van der Waals surface area contributed by atoms with Gasteiger partial charge in [-0.05, 0) is 18.6 Å². The number of halogens is 2. The molecule has 0 bridgehead atoms. The molecule has 100 valence electrons. The van der Waals surface area contributed by atoms with Gasteiger partial charge in [-0.15, -0.1) is 0 Å². The number of nitrogens with one attached hydrogen (secondary N) is 1. The van der Waals surface area contributed by atoms with Crippen molar-refractivity contribution >= 4 is 23.4 Å². The number of para-hydroxylation sites is 1. The van der Waals surface area contributed by atoms with Crippen LogP contribution in [0.2, 0.25) is 0 Å². The first kappa shape index (κ1) is 14.9. The van der Waals surface area contributed by atoms with Crippen LogP contribution in [0.25, 0.3) is 0 Å². The molecule has 1 unspecified atom stereocenters. The summed E-state index contributed by atoms with van der Waals surface area (Å²) in [5.74, 6) is -2.87. The fourth-order valence-corrected chi connectivity index (χ4v) is 2.03. The second-order valence-electron chi connectivity index (χ2n) is 3.76. The van der Waals surface area contributed by atoms with Crippen LogP contribution >= 0.6 is 11.8 Å². The van der Waals surface area contributed by atoms with Crippen LogP contribution in [-0.4, -0.2) is 17.7 Å². The van der Waals surface area contributed by atoms with Crippen LogP contribution in [0.15, 0.2) is 29.2 Å². The third-order valence-electron chi connectivity index (χ3n) is 2.30. The highest BCUT2D eigenvalue weighted by Crippen LogP contribution is 2.31. The molecule has 0 aliphatic heterocycles. The number of rotatable bonds is 6. The molecule has 0 aliphatic carbocycles. The minimum Gasteiger partial charge on any atom is -0.324 e. The third kappa shape index (κ3) is 4.62. The summed E-state index contributed by atoms with van der Waals surface area (Å²) in [6, 6.07) is 5.83. The number of hydrogen-bond donors (Lipinski definition) is 2. The smallest absolute Gasteiger partial charge is 0.288 e. The molecule has 3 N–H and O–H groups in total. The Hall–Kier alpha value is -1.14. The van der Waals surface area contributed by atoms with E-state index in [2.05, 4.69) is 5.32 Å². The zero-order valence-electron chi connectivity index (χ0n) is 10.0. The third-order valence-corrected chi connectivity index (χ3v) is 3.09. The van der Waals surface area contributed by atoms with Gasteiger partial charge >= 0.3 is 0 Å². The van der Waals surface area contributed by atoms with Gasteiger partial charge in [-0.25, -0.2) is 0 Å². The lowest BCUT2D eigenvalue weighted by Crippen LogP contribution is -2.35. The van der Waals surface area contributed by atoms with Gasteiger partial charge in [0.25, 0.3) is 5.76 Å². The summed E-state index contributed by atoms with van der Waals surface area (Å²) in [6.45, 7) is 1.92. The maximum atomic E-state index is 12.3. The molecule has 1 rings (SSSR count). The van der Waals surface area contributed by atoms with E-state index in [1.807, 2.05) is 6.92 Å². The van der Waals surface area contributed by atoms with Gasteiger partial charge in [-0.3, -0.25) is 4.79 Å². The predicted molar refractivity (Wildman–Crippen MR) is 69.8 cm³/mol. The highest BCUT2D eigenvalue weighted by Gasteiger charge is 2.15. The van der Waals surface area contributed by atoms with Gasteiger partial charge < -0.3 is 11.1 Å². The van der Waals surface area contributed by atoms with Crippen molar-refractivity contribution in [3.8, 4) is 0 Å². The number of anilines is 1. The first-order valence-corrected chi connectivity index (χ1v) is 6.52. The van der Waals surface area contributed by atoms with Gasteiger partial charge in [0.05, 0.1) is 11.7 Å². The lowest BCUT2D eigenvalue weighted by atomic mass is 10.1. The quantitative estimate of drug-likeness (QED) is 0.784. The van der Waals surface area contributed by atoms with Crippen molar-refractivity contribution in [1.29, 1.82) is 0 Å². The molecule has 1 atom stereocenters. The fraction of sp³-hybridized carbons (Fsp3) is 0.417. The Morgan fingerprint density at radius 3 is 2.72 bits per heavy atom. The van der Waals surface area contributed by atoms with E-state index in [0.29, 0.717) is 28.8 Å². The Bertz CT molecular complexity index is 401. The lowest BCUT2D eigenvalue weighted by Gasteiger charge is -2.13. The van der Waals surface area contributed by atoms with Crippen molar-refractivity contribution in [1.82, 2.24) is 0 Å². The van der Waals surface area contributed by atoms with Gasteiger partial charge in [-0.1, -0.05) is 37.2 Å². The second kappa shape index (κ2) is 7.33. The zero-order chi connectivity index (χ0) is 13.5. The summed E-state index contributed by atoms with van der Waals surface area (Å²) in [5, 5.41) is 2.58. The molecule has 0 saturated carbocycles. The van der Waals surface area contributed by atoms with Gasteiger partial charge in [-0.2, -0.15) is 8.78 Å². The van der Waals surface area contributed by atoms with Crippen molar-refractivity contribution in [2.75, 3.05) is 5.32 Å². The molecule has 0 heterocycles. The normalized spacial score (nSPS) is 12.5. The number of nitrogens with two attached hydrogens (primary N) is 1. The van der Waals surface area contributed by atoms with Gasteiger partial charge in [0.1, 0.15) is 0 Å². The molecule has 0 aromatic heterocycles. The SMILES string of the molecule is CCCC(N)C(=O)Nc1ccccc1SC(F)F. The average Bonchev–Trinajstić information content (AvgIpc) is 2.31. The number of thioether (sulfide) groups is 1. The summed E-state index contributed by atoms with van der Waals surface area (Å²) >= 11 is 0.403. The summed E-state index contributed by atoms with van der Waals surface area (Å²) < 4.78 is 24.7. The van der Waals surface area contributed by atoms with Crippen LogP contribution in [0.5, 0.6) is 0 Å². The number of carbonyl (C=O) groups excluding carboxylic acids is 1. The zero-order valence-corrected chi connectivity index (χ0v) is 10.8. The van der Waals surface area contributed by atoms with Gasteiger partial charge in [0.15, 0.2) is 0 Å². The molecule has 0 spiro atoms. The Morgan fingerprint density at radius 1 is 1.44 bits per heavy atom. The number of alkyl halides is 2. The van der Waals surface area contributed by atoms with Crippen LogP contribution in [0.3, 0.4) is 0 Å². The number of amides is 1. The van der Waals surface area contributed by atoms with Crippen molar-refractivity contribution in [2.45, 2.75) is 36.5 Å². The fourth-order valence-electron chi connectivity index (χ4n) is 1.44. The van der Waals surface area contributed by atoms with E-state index < -0.39 is 11.8 Å². The summed E-state index contributed by atoms with van der Waals surface area (Å²) in [7, 11) is 0. The molecular formula is C12H16F2N2OS. The molecule has 1 amide bonds. The van der Waals surface area contributed by atoms with E-state index in [9.17, 15) is 13.6 Å². The minimum absolute atomic E-state index is 0.338. The van der Waals surface area contributed by atoms with E-state index >= 15 is 0 Å². The average molecular weight is 274 g/mol. The predicted octanol–water partition coefficient (Wildman–Crippen LogP) is 3.07. The summed E-state index contributed by atoms with van der Waals surface area (Å²) in [6.07, 6.45) is 1.36. The van der Waals surface area contributed by atoms with Crippen molar-refractivity contribution < 1.29 is 13.6 Å². The number of benzene rings is 1. The van der Waals surface area contributed by atoms with Gasteiger partial charge in [0.2, 0.25) is 5.91 Å². The Balaban J connectivity index is 2.74. The van der Waals surface area contributed by atoms with E-state index in [4.69, 9.17) is 5.73 Å². The van der Waals surface area contributed by atoms with Crippen LogP contribution in [-0.2, 0) is 4.79 Å². The Kier molecular flexibility index (Phi) is 6.07. The van der Waals surface area contributed by atoms with E-state index in [0.717, 1.165) is 6.42 Å². The maximum Gasteiger partial charge on any atom is 0.288 e. The lowest BCUT2D eigenvalue weighted by molar-refractivity contribution is -0.117. The molecule has 0 radical (unpaired) electrons. The monoisotopic (exact) mass is 274 g/mol. The second-order valence-corrected chi connectivity index (χ2v) is 4.79. The van der Waals surface area contributed by atoms with Gasteiger partial charge in [0, 0.05) is 4.90 Å². The van der Waals surface area contributed by atoms with Crippen LogP contribution in [0.4, 0.5) is 14.5 Å². The molecule has 0 aliphatic rings. The Labute approximate surface area is 109 Å².